The van der Waals surface area contributed by atoms with Gasteiger partial charge in [0.25, 0.3) is 0 Å². The van der Waals surface area contributed by atoms with Gasteiger partial charge in [0.15, 0.2) is 0 Å². The maximum absolute atomic E-state index is 10.2. The lowest BCUT2D eigenvalue weighted by Crippen LogP contribution is -2.47. The van der Waals surface area contributed by atoms with Crippen molar-refractivity contribution in [2.75, 3.05) is 18.0 Å². The van der Waals surface area contributed by atoms with Gasteiger partial charge < -0.3 is 15.7 Å². The van der Waals surface area contributed by atoms with Gasteiger partial charge in [-0.05, 0) is 38.3 Å². The van der Waals surface area contributed by atoms with Gasteiger partial charge in [0, 0.05) is 18.7 Å². The predicted molar refractivity (Wildman–Crippen MR) is 74.3 cm³/mol. The number of aliphatic hydroxyl groups is 1. The number of hydrogen-bond acceptors (Lipinski definition) is 3. The first-order chi connectivity index (χ1) is 8.41. The van der Waals surface area contributed by atoms with Crippen LogP contribution in [0.15, 0.2) is 18.2 Å². The van der Waals surface area contributed by atoms with E-state index in [0.29, 0.717) is 6.54 Å². The highest BCUT2D eigenvalue weighted by molar-refractivity contribution is 6.01. The Balaban J connectivity index is 2.41. The number of benzene rings is 1. The van der Waals surface area contributed by atoms with Crippen molar-refractivity contribution in [3.05, 3.63) is 29.3 Å². The predicted octanol–water partition coefficient (Wildman–Crippen LogP) is 1.63. The highest BCUT2D eigenvalue weighted by Crippen LogP contribution is 2.30. The molecule has 1 aliphatic rings. The molecule has 0 bridgehead atoms. The molecule has 98 valence electrons. The zero-order chi connectivity index (χ0) is 13.3. The number of nitrogens with two attached hydrogens (primary N) is 1. The van der Waals surface area contributed by atoms with Gasteiger partial charge in [-0.15, -0.1) is 0 Å². The molecule has 1 heterocycles. The second kappa shape index (κ2) is 4.61. The van der Waals surface area contributed by atoms with Crippen molar-refractivity contribution in [2.24, 2.45) is 5.73 Å². The maximum atomic E-state index is 10.2. The fourth-order valence-electron chi connectivity index (χ4n) is 2.71. The number of β-amino-alcohol motifs (C(OH)–C–C–N with tert-alkyl or cyclic N) is 1. The molecule has 1 unspecified atom stereocenters. The summed E-state index contributed by atoms with van der Waals surface area (Å²) >= 11 is 0. The van der Waals surface area contributed by atoms with E-state index >= 15 is 0 Å². The second-order valence-corrected chi connectivity index (χ2v) is 5.41. The molecule has 0 spiro atoms. The summed E-state index contributed by atoms with van der Waals surface area (Å²) in [7, 11) is 0. The van der Waals surface area contributed by atoms with E-state index in [0.717, 1.165) is 36.2 Å². The molecule has 1 atom stereocenters. The zero-order valence-electron chi connectivity index (χ0n) is 11.0. The van der Waals surface area contributed by atoms with Crippen LogP contribution in [0.3, 0.4) is 0 Å². The van der Waals surface area contributed by atoms with E-state index in [4.69, 9.17) is 11.1 Å². The third-order valence-corrected chi connectivity index (χ3v) is 3.52. The van der Waals surface area contributed by atoms with Crippen LogP contribution in [-0.4, -0.2) is 29.6 Å². The number of para-hydroxylation sites is 1. The van der Waals surface area contributed by atoms with Crippen LogP contribution < -0.4 is 10.6 Å². The molecular weight excluding hydrogens is 226 g/mol. The van der Waals surface area contributed by atoms with E-state index in [1.807, 2.05) is 32.0 Å². The first-order valence-electron chi connectivity index (χ1n) is 6.32. The van der Waals surface area contributed by atoms with Gasteiger partial charge in [-0.2, -0.15) is 0 Å². The number of aryl methyl sites for hydroxylation is 1. The number of rotatable bonds is 2. The van der Waals surface area contributed by atoms with Gasteiger partial charge in [-0.25, -0.2) is 0 Å². The molecule has 0 radical (unpaired) electrons. The van der Waals surface area contributed by atoms with Crippen molar-refractivity contribution >= 4 is 11.5 Å². The van der Waals surface area contributed by atoms with Crippen molar-refractivity contribution in [3.63, 3.8) is 0 Å². The third-order valence-electron chi connectivity index (χ3n) is 3.52. The lowest BCUT2D eigenvalue weighted by atomic mass is 9.93. The van der Waals surface area contributed by atoms with Crippen LogP contribution in [0, 0.1) is 12.3 Å². The first-order valence-corrected chi connectivity index (χ1v) is 6.32. The smallest absolute Gasteiger partial charge is 0.124 e. The molecule has 1 aromatic rings. The summed E-state index contributed by atoms with van der Waals surface area (Å²) in [5.74, 6) is 0.0823. The van der Waals surface area contributed by atoms with Crippen molar-refractivity contribution < 1.29 is 5.11 Å². The van der Waals surface area contributed by atoms with Crippen LogP contribution in [0.1, 0.15) is 30.9 Å². The van der Waals surface area contributed by atoms with Gasteiger partial charge in [-0.3, -0.25) is 5.41 Å². The van der Waals surface area contributed by atoms with Crippen LogP contribution in [0.4, 0.5) is 5.69 Å². The average Bonchev–Trinajstić information content (AvgIpc) is 2.27. The molecule has 4 N–H and O–H groups in total. The Morgan fingerprint density at radius 2 is 2.22 bits per heavy atom. The maximum Gasteiger partial charge on any atom is 0.124 e. The Bertz CT molecular complexity index is 468. The number of amidine groups is 1. The normalized spacial score (nSPS) is 24.1. The molecule has 2 rings (SSSR count). The summed E-state index contributed by atoms with van der Waals surface area (Å²) in [6.45, 7) is 5.38. The molecule has 0 aromatic heterocycles. The minimum absolute atomic E-state index is 0.0823. The fourth-order valence-corrected chi connectivity index (χ4v) is 2.71. The Labute approximate surface area is 108 Å². The highest BCUT2D eigenvalue weighted by Gasteiger charge is 2.30. The summed E-state index contributed by atoms with van der Waals surface area (Å²) in [5.41, 5.74) is 7.84. The molecular formula is C14H21N3O. The lowest BCUT2D eigenvalue weighted by molar-refractivity contribution is 0.0449. The van der Waals surface area contributed by atoms with Crippen LogP contribution in [0.2, 0.25) is 0 Å². The summed E-state index contributed by atoms with van der Waals surface area (Å²) < 4.78 is 0. The van der Waals surface area contributed by atoms with Crippen LogP contribution in [0.5, 0.6) is 0 Å². The van der Waals surface area contributed by atoms with Gasteiger partial charge in [0.05, 0.1) is 11.3 Å². The largest absolute Gasteiger partial charge is 0.388 e. The number of nitrogens with zero attached hydrogens (tertiary/aromatic N) is 1. The van der Waals surface area contributed by atoms with E-state index in [-0.39, 0.29) is 5.84 Å². The van der Waals surface area contributed by atoms with E-state index in [1.165, 1.54) is 0 Å². The molecule has 0 amide bonds. The molecule has 4 nitrogen and oxygen atoms in total. The number of nitrogens with one attached hydrogen (secondary N) is 1. The Hall–Kier alpha value is -1.55. The minimum atomic E-state index is -0.658. The van der Waals surface area contributed by atoms with E-state index in [1.54, 1.807) is 0 Å². The lowest BCUT2D eigenvalue weighted by Gasteiger charge is -2.39. The zero-order valence-corrected chi connectivity index (χ0v) is 11.0. The third kappa shape index (κ3) is 2.48. The van der Waals surface area contributed by atoms with E-state index < -0.39 is 5.60 Å². The topological polar surface area (TPSA) is 73.3 Å². The summed E-state index contributed by atoms with van der Waals surface area (Å²) in [4.78, 5) is 2.15. The highest BCUT2D eigenvalue weighted by atomic mass is 16.3. The first kappa shape index (κ1) is 12.9. The minimum Gasteiger partial charge on any atom is -0.388 e. The second-order valence-electron chi connectivity index (χ2n) is 5.41. The molecule has 0 saturated carbocycles. The van der Waals surface area contributed by atoms with Crippen molar-refractivity contribution in [1.82, 2.24) is 0 Å². The summed E-state index contributed by atoms with van der Waals surface area (Å²) in [5, 5.41) is 17.9. The van der Waals surface area contributed by atoms with Gasteiger partial charge in [-0.1, -0.05) is 12.1 Å². The average molecular weight is 247 g/mol. The molecule has 0 aliphatic carbocycles. The summed E-state index contributed by atoms with van der Waals surface area (Å²) in [6, 6.07) is 5.80. The van der Waals surface area contributed by atoms with E-state index in [2.05, 4.69) is 4.90 Å². The molecule has 1 fully saturated rings. The molecule has 1 aliphatic heterocycles. The quantitative estimate of drug-likeness (QED) is 0.549. The number of nitrogen functional groups attached to an aromatic ring is 1. The number of hydrogen-bond donors (Lipinski definition) is 3. The van der Waals surface area contributed by atoms with Crippen LogP contribution in [-0.2, 0) is 0 Å². The van der Waals surface area contributed by atoms with Crippen LogP contribution >= 0.6 is 0 Å². The Kier molecular flexibility index (Phi) is 3.30. The standard InChI is InChI=1S/C14H21N3O/c1-10-5-3-6-11(13(15)16)12(10)17-8-4-7-14(2,18)9-17/h3,5-6,18H,4,7-9H2,1-2H3,(H3,15,16). The monoisotopic (exact) mass is 247 g/mol. The summed E-state index contributed by atoms with van der Waals surface area (Å²) in [6.07, 6.45) is 1.78. The van der Waals surface area contributed by atoms with Crippen molar-refractivity contribution in [3.8, 4) is 0 Å². The SMILES string of the molecule is Cc1cccc(C(=N)N)c1N1CCCC(C)(O)C1. The fraction of sp³-hybridized carbons (Fsp3) is 0.500. The molecule has 4 heteroatoms. The van der Waals surface area contributed by atoms with Gasteiger partial charge >= 0.3 is 0 Å². The van der Waals surface area contributed by atoms with Crippen LogP contribution in [0.25, 0.3) is 0 Å². The number of piperidine rings is 1. The van der Waals surface area contributed by atoms with E-state index in [9.17, 15) is 5.11 Å². The van der Waals surface area contributed by atoms with Gasteiger partial charge in [0.1, 0.15) is 5.84 Å². The number of anilines is 1. The molecule has 1 aromatic carbocycles. The Morgan fingerprint density at radius 3 is 2.83 bits per heavy atom. The van der Waals surface area contributed by atoms with Crippen molar-refractivity contribution in [2.45, 2.75) is 32.3 Å². The Morgan fingerprint density at radius 1 is 1.50 bits per heavy atom. The molecule has 1 saturated heterocycles. The van der Waals surface area contributed by atoms with Crippen molar-refractivity contribution in [1.29, 1.82) is 5.41 Å². The van der Waals surface area contributed by atoms with Gasteiger partial charge in [0.2, 0.25) is 0 Å². The molecule has 18 heavy (non-hydrogen) atoms.